The molecule has 4 nitrogen and oxygen atoms in total. The maximum Gasteiger partial charge on any atom is 0.311 e. The number of hydrogen-bond donors (Lipinski definition) is 1. The fourth-order valence-corrected chi connectivity index (χ4v) is 2.53. The van der Waals surface area contributed by atoms with Gasteiger partial charge in [-0.05, 0) is 6.42 Å². The second-order valence-electron chi connectivity index (χ2n) is 4.59. The number of unbranched alkanes of at least 4 members (excludes halogenated alkanes) is 5. The van der Waals surface area contributed by atoms with Gasteiger partial charge in [0.1, 0.15) is 0 Å². The van der Waals surface area contributed by atoms with E-state index >= 15 is 0 Å². The van der Waals surface area contributed by atoms with Crippen molar-refractivity contribution in [1.29, 1.82) is 0 Å². The number of nitrogens with zero attached hydrogens (tertiary/aromatic N) is 1. The average molecular weight is 284 g/mol. The molecule has 0 fully saturated rings. The van der Waals surface area contributed by atoms with Crippen molar-refractivity contribution in [3.8, 4) is 0 Å². The van der Waals surface area contributed by atoms with Crippen molar-refractivity contribution in [3.63, 3.8) is 0 Å². The Hall–Kier alpha value is -1.10. The predicted octanol–water partition coefficient (Wildman–Crippen LogP) is 3.63. The van der Waals surface area contributed by atoms with Gasteiger partial charge in [-0.25, -0.2) is 4.98 Å². The molecule has 0 unspecified atom stereocenters. The second kappa shape index (κ2) is 9.78. The van der Waals surface area contributed by atoms with Gasteiger partial charge < -0.3 is 10.1 Å². The number of nitrogens with one attached hydrogen (secondary N) is 1. The van der Waals surface area contributed by atoms with Crippen molar-refractivity contribution in [1.82, 2.24) is 4.98 Å². The van der Waals surface area contributed by atoms with Crippen LogP contribution in [0.1, 0.15) is 51.1 Å². The lowest BCUT2D eigenvalue weighted by molar-refractivity contribution is -0.139. The van der Waals surface area contributed by atoms with Crippen molar-refractivity contribution >= 4 is 22.4 Å². The number of esters is 1. The summed E-state index contributed by atoms with van der Waals surface area (Å²) >= 11 is 1.54. The quantitative estimate of drug-likeness (QED) is 0.526. The van der Waals surface area contributed by atoms with E-state index < -0.39 is 0 Å². The van der Waals surface area contributed by atoms with Gasteiger partial charge in [0.05, 0.1) is 19.2 Å². The Labute approximate surface area is 119 Å². The summed E-state index contributed by atoms with van der Waals surface area (Å²) in [5.74, 6) is -0.243. The van der Waals surface area contributed by atoms with Gasteiger partial charge in [-0.2, -0.15) is 0 Å². The van der Waals surface area contributed by atoms with E-state index in [2.05, 4.69) is 22.0 Å². The first kappa shape index (κ1) is 16.0. The third-order valence-electron chi connectivity index (χ3n) is 2.91. The molecule has 1 heterocycles. The fourth-order valence-electron chi connectivity index (χ4n) is 1.79. The lowest BCUT2D eigenvalue weighted by atomic mass is 10.1. The molecule has 0 aliphatic rings. The number of hydrogen-bond acceptors (Lipinski definition) is 5. The minimum Gasteiger partial charge on any atom is -0.469 e. The number of rotatable bonds is 10. The van der Waals surface area contributed by atoms with Crippen LogP contribution in [0.5, 0.6) is 0 Å². The van der Waals surface area contributed by atoms with E-state index in [1.54, 1.807) is 11.3 Å². The highest BCUT2D eigenvalue weighted by molar-refractivity contribution is 7.13. The zero-order valence-corrected chi connectivity index (χ0v) is 12.7. The normalized spacial score (nSPS) is 10.4. The molecular weight excluding hydrogens is 260 g/mol. The number of carbonyl (C=O) groups is 1. The van der Waals surface area contributed by atoms with Gasteiger partial charge in [0.15, 0.2) is 5.13 Å². The van der Waals surface area contributed by atoms with Gasteiger partial charge in [-0.1, -0.05) is 39.0 Å². The van der Waals surface area contributed by atoms with Crippen molar-refractivity contribution in [2.75, 3.05) is 19.0 Å². The van der Waals surface area contributed by atoms with Crippen LogP contribution in [-0.2, 0) is 16.0 Å². The molecule has 1 N–H and O–H groups in total. The number of carbonyl (C=O) groups excluding carboxylic acids is 1. The van der Waals surface area contributed by atoms with E-state index in [4.69, 9.17) is 0 Å². The average Bonchev–Trinajstić information content (AvgIpc) is 2.85. The molecule has 0 radical (unpaired) electrons. The Morgan fingerprint density at radius 3 is 2.79 bits per heavy atom. The van der Waals surface area contributed by atoms with E-state index in [0.29, 0.717) is 0 Å². The molecule has 108 valence electrons. The molecule has 5 heteroatoms. The summed E-state index contributed by atoms with van der Waals surface area (Å²) in [6.07, 6.45) is 8.00. The number of methoxy groups -OCH3 is 1. The molecular formula is C14H24N2O2S. The topological polar surface area (TPSA) is 51.2 Å². The largest absolute Gasteiger partial charge is 0.469 e. The Balaban J connectivity index is 2.11. The molecule has 0 saturated carbocycles. The Kier molecular flexibility index (Phi) is 8.21. The summed E-state index contributed by atoms with van der Waals surface area (Å²) in [7, 11) is 1.40. The van der Waals surface area contributed by atoms with E-state index in [-0.39, 0.29) is 12.4 Å². The van der Waals surface area contributed by atoms with E-state index in [1.165, 1.54) is 45.6 Å². The van der Waals surface area contributed by atoms with E-state index in [1.807, 2.05) is 5.38 Å². The highest BCUT2D eigenvalue weighted by Gasteiger charge is 2.06. The molecule has 0 atom stereocenters. The number of thiazole rings is 1. The van der Waals surface area contributed by atoms with Crippen LogP contribution >= 0.6 is 11.3 Å². The van der Waals surface area contributed by atoms with Crippen LogP contribution in [0.3, 0.4) is 0 Å². The molecule has 0 aliphatic heterocycles. The number of aromatic nitrogens is 1. The lowest BCUT2D eigenvalue weighted by Crippen LogP contribution is -2.05. The minimum absolute atomic E-state index is 0.243. The SMILES string of the molecule is CCCCCCCCNc1nc(CC(=O)OC)cs1. The van der Waals surface area contributed by atoms with Gasteiger partial charge in [0.2, 0.25) is 0 Å². The van der Waals surface area contributed by atoms with Crippen molar-refractivity contribution in [3.05, 3.63) is 11.1 Å². The monoisotopic (exact) mass is 284 g/mol. The third kappa shape index (κ3) is 7.15. The van der Waals surface area contributed by atoms with E-state index in [9.17, 15) is 4.79 Å². The van der Waals surface area contributed by atoms with E-state index in [0.717, 1.165) is 17.4 Å². The molecule has 1 aromatic rings. The lowest BCUT2D eigenvalue weighted by Gasteiger charge is -2.02. The summed E-state index contributed by atoms with van der Waals surface area (Å²) in [6, 6.07) is 0. The highest BCUT2D eigenvalue weighted by Crippen LogP contribution is 2.16. The Morgan fingerprint density at radius 2 is 2.05 bits per heavy atom. The highest BCUT2D eigenvalue weighted by atomic mass is 32.1. The van der Waals surface area contributed by atoms with Gasteiger partial charge in [-0.15, -0.1) is 11.3 Å². The molecule has 1 rings (SSSR count). The maximum absolute atomic E-state index is 11.1. The number of ether oxygens (including phenoxy) is 1. The van der Waals surface area contributed by atoms with Crippen LogP contribution in [0, 0.1) is 0 Å². The van der Waals surface area contributed by atoms with Gasteiger partial charge in [0, 0.05) is 11.9 Å². The summed E-state index contributed by atoms with van der Waals surface area (Å²) in [4.78, 5) is 15.4. The van der Waals surface area contributed by atoms with Crippen LogP contribution < -0.4 is 5.32 Å². The summed E-state index contributed by atoms with van der Waals surface area (Å²) in [5, 5.41) is 6.10. The summed E-state index contributed by atoms with van der Waals surface area (Å²) in [6.45, 7) is 3.19. The smallest absolute Gasteiger partial charge is 0.311 e. The van der Waals surface area contributed by atoms with Crippen LogP contribution in [0.2, 0.25) is 0 Å². The van der Waals surface area contributed by atoms with Gasteiger partial charge in [-0.3, -0.25) is 4.79 Å². The second-order valence-corrected chi connectivity index (χ2v) is 5.45. The zero-order chi connectivity index (χ0) is 13.9. The standard InChI is InChI=1S/C14H24N2O2S/c1-3-4-5-6-7-8-9-15-14-16-12(11-19-14)10-13(17)18-2/h11H,3-10H2,1-2H3,(H,15,16). The third-order valence-corrected chi connectivity index (χ3v) is 3.76. The van der Waals surface area contributed by atoms with Crippen molar-refractivity contribution in [2.45, 2.75) is 51.9 Å². The Bertz CT molecular complexity index is 366. The van der Waals surface area contributed by atoms with Gasteiger partial charge >= 0.3 is 5.97 Å². The first-order valence-electron chi connectivity index (χ1n) is 7.01. The minimum atomic E-state index is -0.243. The van der Waals surface area contributed by atoms with Crippen LogP contribution in [-0.4, -0.2) is 24.6 Å². The molecule has 0 saturated heterocycles. The van der Waals surface area contributed by atoms with Crippen molar-refractivity contribution < 1.29 is 9.53 Å². The van der Waals surface area contributed by atoms with Crippen LogP contribution in [0.25, 0.3) is 0 Å². The maximum atomic E-state index is 11.1. The molecule has 0 amide bonds. The summed E-state index contributed by atoms with van der Waals surface area (Å²) in [5.41, 5.74) is 0.780. The molecule has 0 spiro atoms. The molecule has 0 aliphatic carbocycles. The predicted molar refractivity (Wildman–Crippen MR) is 79.7 cm³/mol. The molecule has 0 aromatic carbocycles. The first-order chi connectivity index (χ1) is 9.26. The van der Waals surface area contributed by atoms with Crippen LogP contribution in [0.4, 0.5) is 5.13 Å². The van der Waals surface area contributed by atoms with Gasteiger partial charge in [0.25, 0.3) is 0 Å². The molecule has 1 aromatic heterocycles. The number of anilines is 1. The summed E-state index contributed by atoms with van der Waals surface area (Å²) < 4.78 is 4.61. The Morgan fingerprint density at radius 1 is 1.32 bits per heavy atom. The molecule has 0 bridgehead atoms. The fraction of sp³-hybridized carbons (Fsp3) is 0.714. The first-order valence-corrected chi connectivity index (χ1v) is 7.89. The molecule has 19 heavy (non-hydrogen) atoms. The van der Waals surface area contributed by atoms with Crippen molar-refractivity contribution in [2.24, 2.45) is 0 Å². The van der Waals surface area contributed by atoms with Crippen LogP contribution in [0.15, 0.2) is 5.38 Å². The zero-order valence-electron chi connectivity index (χ0n) is 11.9.